The lowest BCUT2D eigenvalue weighted by Gasteiger charge is -2.53. The fourth-order valence-electron chi connectivity index (χ4n) is 9.15. The number of benzene rings is 2. The molecule has 0 aromatic heterocycles. The molecule has 40 heavy (non-hydrogen) atoms. The van der Waals surface area contributed by atoms with E-state index in [1.807, 2.05) is 38.2 Å². The van der Waals surface area contributed by atoms with Crippen molar-refractivity contribution in [3.05, 3.63) is 84.0 Å². The monoisotopic (exact) mass is 582 g/mol. The molecule has 4 aliphatic heterocycles. The number of aryl methyl sites for hydroxylation is 2. The van der Waals surface area contributed by atoms with Crippen LogP contribution in [0, 0.1) is 24.7 Å². The molecule has 0 N–H and O–H groups in total. The molecule has 4 fully saturated rings. The van der Waals surface area contributed by atoms with Crippen molar-refractivity contribution in [1.29, 1.82) is 0 Å². The molecule has 2 saturated heterocycles. The molecule has 8 rings (SSSR count). The zero-order valence-corrected chi connectivity index (χ0v) is 23.9. The standard InChI is InChI=1S/C30H30O8S2/c1-21-3-7-23(8-4-21)39(31,32)35-19-29-25-11-12-26(29)16-18-28(38-26)14-13-27(37-25,17-15-25)30(28,29)20-36-40(33,34)24-9-5-22(2)6-10-24/h3-10,15-18H,11-14,19-20H2,1-2H3/t25-,26+,27-,28+,29?,30?. The van der Waals surface area contributed by atoms with Gasteiger partial charge in [0.25, 0.3) is 20.2 Å². The SMILES string of the molecule is Cc1ccc(S(=O)(=O)OCC23C4(COS(=O)(=O)c5ccc(C)cc5)[C@@]56C=C[C@]2(CC[C@@]32C=C[C@@]4(CC5)O2)O6)cc1. The largest absolute Gasteiger partial charge is 0.359 e. The second kappa shape index (κ2) is 7.35. The summed E-state index contributed by atoms with van der Waals surface area (Å²) >= 11 is 0. The zero-order valence-electron chi connectivity index (χ0n) is 22.3. The highest BCUT2D eigenvalue weighted by Crippen LogP contribution is 2.89. The lowest BCUT2D eigenvalue weighted by atomic mass is 9.45. The van der Waals surface area contributed by atoms with Crippen LogP contribution in [-0.2, 0) is 38.1 Å². The van der Waals surface area contributed by atoms with Crippen molar-refractivity contribution in [2.45, 2.75) is 71.7 Å². The third-order valence-electron chi connectivity index (χ3n) is 10.8. The molecule has 2 aromatic carbocycles. The van der Waals surface area contributed by atoms with E-state index in [9.17, 15) is 16.8 Å². The molecule has 2 unspecified atom stereocenters. The van der Waals surface area contributed by atoms with Crippen LogP contribution in [0.1, 0.15) is 36.8 Å². The molecule has 4 bridgehead atoms. The number of rotatable bonds is 8. The highest BCUT2D eigenvalue weighted by molar-refractivity contribution is 7.87. The van der Waals surface area contributed by atoms with Crippen molar-refractivity contribution in [3.8, 4) is 0 Å². The van der Waals surface area contributed by atoms with E-state index in [4.69, 9.17) is 17.8 Å². The van der Waals surface area contributed by atoms with Gasteiger partial charge in [-0.05, 0) is 63.8 Å². The maximum absolute atomic E-state index is 13.5. The van der Waals surface area contributed by atoms with Gasteiger partial charge in [0.15, 0.2) is 0 Å². The van der Waals surface area contributed by atoms with Crippen LogP contribution in [0.4, 0.5) is 0 Å². The topological polar surface area (TPSA) is 105 Å². The van der Waals surface area contributed by atoms with Crippen LogP contribution in [-0.4, -0.2) is 52.5 Å². The number of ether oxygens (including phenoxy) is 2. The first kappa shape index (κ1) is 25.4. The van der Waals surface area contributed by atoms with E-state index in [0.29, 0.717) is 25.7 Å². The summed E-state index contributed by atoms with van der Waals surface area (Å²) in [6.45, 7) is 3.35. The Bertz CT molecular complexity index is 1560. The van der Waals surface area contributed by atoms with E-state index in [-0.39, 0.29) is 23.0 Å². The summed E-state index contributed by atoms with van der Waals surface area (Å²) in [6.07, 6.45) is 10.6. The van der Waals surface area contributed by atoms with Crippen molar-refractivity contribution >= 4 is 20.2 Å². The Morgan fingerprint density at radius 2 is 0.875 bits per heavy atom. The molecule has 6 aliphatic rings. The van der Waals surface area contributed by atoms with Gasteiger partial charge in [0, 0.05) is 0 Å². The van der Waals surface area contributed by atoms with Gasteiger partial charge in [-0.15, -0.1) is 0 Å². The number of hydrogen-bond acceptors (Lipinski definition) is 8. The van der Waals surface area contributed by atoms with Crippen molar-refractivity contribution in [1.82, 2.24) is 0 Å². The average molecular weight is 583 g/mol. The van der Waals surface area contributed by atoms with Gasteiger partial charge in [-0.3, -0.25) is 8.37 Å². The van der Waals surface area contributed by atoms with Crippen LogP contribution in [0.15, 0.2) is 82.6 Å². The van der Waals surface area contributed by atoms with Gasteiger partial charge in [0.05, 0.1) is 56.2 Å². The Morgan fingerprint density at radius 1 is 0.575 bits per heavy atom. The van der Waals surface area contributed by atoms with Crippen molar-refractivity contribution in [2.75, 3.05) is 13.2 Å². The summed E-state index contributed by atoms with van der Waals surface area (Å²) in [5, 5.41) is 0. The highest BCUT2D eigenvalue weighted by Gasteiger charge is 2.98. The maximum Gasteiger partial charge on any atom is 0.296 e. The molecule has 2 saturated carbocycles. The summed E-state index contributed by atoms with van der Waals surface area (Å²) in [5.74, 6) is 0. The van der Waals surface area contributed by atoms with Crippen LogP contribution in [0.2, 0.25) is 0 Å². The average Bonchev–Trinajstić information content (AvgIpc) is 3.71. The Morgan fingerprint density at radius 3 is 1.18 bits per heavy atom. The van der Waals surface area contributed by atoms with Gasteiger partial charge in [-0.25, -0.2) is 0 Å². The molecule has 0 amide bonds. The normalized spacial score (nSPS) is 41.4. The molecule has 0 radical (unpaired) electrons. The predicted octanol–water partition coefficient (Wildman–Crippen LogP) is 4.13. The van der Waals surface area contributed by atoms with Crippen molar-refractivity contribution in [3.63, 3.8) is 0 Å². The predicted molar refractivity (Wildman–Crippen MR) is 143 cm³/mol. The van der Waals surface area contributed by atoms with E-state index < -0.39 is 53.5 Å². The molecular formula is C30H30O8S2. The quantitative estimate of drug-likeness (QED) is 0.338. The summed E-state index contributed by atoms with van der Waals surface area (Å²) in [5.41, 5.74) is -3.58. The maximum atomic E-state index is 13.5. The fourth-order valence-corrected chi connectivity index (χ4v) is 11.0. The van der Waals surface area contributed by atoms with Gasteiger partial charge in [-0.1, -0.05) is 59.7 Å². The van der Waals surface area contributed by atoms with E-state index in [1.165, 1.54) is 24.3 Å². The summed E-state index contributed by atoms with van der Waals surface area (Å²) in [6, 6.07) is 13.1. The minimum absolute atomic E-state index is 0.0687. The van der Waals surface area contributed by atoms with E-state index in [2.05, 4.69) is 0 Å². The van der Waals surface area contributed by atoms with Crippen LogP contribution in [0.25, 0.3) is 0 Å². The molecule has 6 atom stereocenters. The second-order valence-corrected chi connectivity index (χ2v) is 15.5. The van der Waals surface area contributed by atoms with Gasteiger partial charge < -0.3 is 9.47 Å². The first-order valence-electron chi connectivity index (χ1n) is 13.6. The van der Waals surface area contributed by atoms with Crippen LogP contribution < -0.4 is 0 Å². The Labute approximate surface area is 234 Å². The van der Waals surface area contributed by atoms with Gasteiger partial charge in [0.2, 0.25) is 0 Å². The van der Waals surface area contributed by atoms with Crippen molar-refractivity contribution in [2.24, 2.45) is 10.8 Å². The number of hydrogen-bond donors (Lipinski definition) is 0. The Kier molecular flexibility index (Phi) is 4.66. The molecule has 2 aromatic rings. The molecule has 10 heteroatoms. The van der Waals surface area contributed by atoms with Crippen LogP contribution in [0.5, 0.6) is 0 Å². The van der Waals surface area contributed by atoms with E-state index in [0.717, 1.165) is 11.1 Å². The van der Waals surface area contributed by atoms with Crippen molar-refractivity contribution < 1.29 is 34.7 Å². The van der Waals surface area contributed by atoms with Gasteiger partial charge >= 0.3 is 0 Å². The highest BCUT2D eigenvalue weighted by atomic mass is 32.2. The van der Waals surface area contributed by atoms with Crippen LogP contribution >= 0.6 is 0 Å². The first-order valence-corrected chi connectivity index (χ1v) is 16.5. The second-order valence-electron chi connectivity index (χ2n) is 12.3. The lowest BCUT2D eigenvalue weighted by molar-refractivity contribution is -0.110. The molecule has 4 spiro atoms. The summed E-state index contributed by atoms with van der Waals surface area (Å²) in [7, 11) is -8.24. The zero-order chi connectivity index (χ0) is 27.9. The molecular weight excluding hydrogens is 552 g/mol. The molecule has 210 valence electrons. The van der Waals surface area contributed by atoms with E-state index in [1.54, 1.807) is 24.3 Å². The summed E-state index contributed by atoms with van der Waals surface area (Å²) < 4.78 is 79.7. The molecule has 4 heterocycles. The Hall–Kier alpha value is -2.34. The fraction of sp³-hybridized carbons (Fsp3) is 0.467. The first-order chi connectivity index (χ1) is 18.9. The van der Waals surface area contributed by atoms with Gasteiger partial charge in [-0.2, -0.15) is 16.8 Å². The van der Waals surface area contributed by atoms with Gasteiger partial charge in [0.1, 0.15) is 0 Å². The minimum atomic E-state index is -4.12. The van der Waals surface area contributed by atoms with Crippen LogP contribution in [0.3, 0.4) is 0 Å². The third kappa shape index (κ3) is 2.59. The Balaban J connectivity index is 1.25. The third-order valence-corrected chi connectivity index (χ3v) is 13.4. The minimum Gasteiger partial charge on any atom is -0.359 e. The summed E-state index contributed by atoms with van der Waals surface area (Å²) in [4.78, 5) is 0.137. The smallest absolute Gasteiger partial charge is 0.296 e. The molecule has 8 nitrogen and oxygen atoms in total. The lowest BCUT2D eigenvalue weighted by Crippen LogP contribution is -2.66. The van der Waals surface area contributed by atoms with E-state index >= 15 is 0 Å². The molecule has 2 aliphatic carbocycles.